The standard InChI is InChI=1S/C15H25N3O/c1-5-13(19-6-2)15-17-12-7-8-16-9-11(12)14(18-15)10(3)4/h10,13,16H,5-9H2,1-4H3. The first kappa shape index (κ1) is 14.4. The molecule has 0 spiro atoms. The van der Waals surface area contributed by atoms with Crippen LogP contribution in [0.3, 0.4) is 0 Å². The first-order valence-electron chi connectivity index (χ1n) is 7.39. The number of aromatic nitrogens is 2. The van der Waals surface area contributed by atoms with Gasteiger partial charge >= 0.3 is 0 Å². The van der Waals surface area contributed by atoms with E-state index < -0.39 is 0 Å². The van der Waals surface area contributed by atoms with Gasteiger partial charge in [-0.05, 0) is 19.3 Å². The highest BCUT2D eigenvalue weighted by atomic mass is 16.5. The van der Waals surface area contributed by atoms with Crippen LogP contribution in [0.15, 0.2) is 0 Å². The van der Waals surface area contributed by atoms with Crippen molar-refractivity contribution in [1.82, 2.24) is 15.3 Å². The van der Waals surface area contributed by atoms with Gasteiger partial charge in [0.05, 0.1) is 11.4 Å². The SMILES string of the molecule is CCOC(CC)c1nc2c(c(C(C)C)n1)CNCC2. The third kappa shape index (κ3) is 3.12. The Morgan fingerprint density at radius 2 is 2.05 bits per heavy atom. The molecule has 0 amide bonds. The van der Waals surface area contributed by atoms with E-state index in [9.17, 15) is 0 Å². The second-order valence-corrected chi connectivity index (χ2v) is 5.33. The van der Waals surface area contributed by atoms with Crippen molar-refractivity contribution in [2.24, 2.45) is 0 Å². The number of nitrogens with one attached hydrogen (secondary N) is 1. The summed E-state index contributed by atoms with van der Waals surface area (Å²) in [5.74, 6) is 1.29. The highest BCUT2D eigenvalue weighted by molar-refractivity contribution is 5.30. The molecule has 0 saturated carbocycles. The number of fused-ring (bicyclic) bond motifs is 1. The second-order valence-electron chi connectivity index (χ2n) is 5.33. The lowest BCUT2D eigenvalue weighted by atomic mass is 9.98. The molecule has 0 bridgehead atoms. The number of ether oxygens (including phenoxy) is 1. The van der Waals surface area contributed by atoms with E-state index in [4.69, 9.17) is 14.7 Å². The molecule has 1 unspecified atom stereocenters. The van der Waals surface area contributed by atoms with Gasteiger partial charge in [0.1, 0.15) is 6.10 Å². The molecule has 1 aromatic heterocycles. The lowest BCUT2D eigenvalue weighted by Crippen LogP contribution is -2.28. The fraction of sp³-hybridized carbons (Fsp3) is 0.733. The summed E-state index contributed by atoms with van der Waals surface area (Å²) < 4.78 is 5.76. The molecule has 0 fully saturated rings. The Kier molecular flexibility index (Phi) is 4.88. The maximum absolute atomic E-state index is 5.76. The van der Waals surface area contributed by atoms with Gasteiger partial charge in [-0.25, -0.2) is 9.97 Å². The van der Waals surface area contributed by atoms with Crippen molar-refractivity contribution in [2.75, 3.05) is 13.2 Å². The van der Waals surface area contributed by atoms with Crippen molar-refractivity contribution in [2.45, 2.75) is 59.1 Å². The van der Waals surface area contributed by atoms with Crippen molar-refractivity contribution >= 4 is 0 Å². The zero-order valence-electron chi connectivity index (χ0n) is 12.5. The third-order valence-corrected chi connectivity index (χ3v) is 3.56. The van der Waals surface area contributed by atoms with Crippen LogP contribution in [0.4, 0.5) is 0 Å². The molecule has 1 atom stereocenters. The Balaban J connectivity index is 2.42. The minimum absolute atomic E-state index is 0.0303. The molecule has 0 saturated heterocycles. The summed E-state index contributed by atoms with van der Waals surface area (Å²) in [6.07, 6.45) is 1.94. The molecule has 1 aliphatic rings. The van der Waals surface area contributed by atoms with E-state index in [0.717, 1.165) is 31.8 Å². The van der Waals surface area contributed by atoms with Gasteiger partial charge in [-0.15, -0.1) is 0 Å². The summed E-state index contributed by atoms with van der Waals surface area (Å²) in [5.41, 5.74) is 3.70. The lowest BCUT2D eigenvalue weighted by molar-refractivity contribution is 0.0530. The van der Waals surface area contributed by atoms with Gasteiger partial charge in [0.25, 0.3) is 0 Å². The molecule has 1 N–H and O–H groups in total. The minimum Gasteiger partial charge on any atom is -0.371 e. The molecule has 0 aromatic carbocycles. The van der Waals surface area contributed by atoms with Crippen LogP contribution in [0.1, 0.15) is 68.9 Å². The Morgan fingerprint density at radius 1 is 1.26 bits per heavy atom. The summed E-state index contributed by atoms with van der Waals surface area (Å²) in [5, 5.41) is 3.41. The molecule has 1 aromatic rings. The second kappa shape index (κ2) is 6.44. The monoisotopic (exact) mass is 263 g/mol. The van der Waals surface area contributed by atoms with Gasteiger partial charge in [0.2, 0.25) is 0 Å². The van der Waals surface area contributed by atoms with Gasteiger partial charge in [0, 0.05) is 31.7 Å². The summed E-state index contributed by atoms with van der Waals surface area (Å²) >= 11 is 0. The maximum Gasteiger partial charge on any atom is 0.157 e. The topological polar surface area (TPSA) is 47.0 Å². The highest BCUT2D eigenvalue weighted by Gasteiger charge is 2.22. The third-order valence-electron chi connectivity index (χ3n) is 3.56. The van der Waals surface area contributed by atoms with Crippen LogP contribution < -0.4 is 5.32 Å². The molecule has 0 radical (unpaired) electrons. The van der Waals surface area contributed by atoms with E-state index >= 15 is 0 Å². The molecule has 1 aliphatic heterocycles. The van der Waals surface area contributed by atoms with Gasteiger partial charge < -0.3 is 10.1 Å². The quantitative estimate of drug-likeness (QED) is 0.887. The number of rotatable bonds is 5. The summed E-state index contributed by atoms with van der Waals surface area (Å²) in [7, 11) is 0. The fourth-order valence-corrected chi connectivity index (χ4v) is 2.59. The first-order valence-corrected chi connectivity index (χ1v) is 7.39. The van der Waals surface area contributed by atoms with Gasteiger partial charge in [-0.3, -0.25) is 0 Å². The summed E-state index contributed by atoms with van der Waals surface area (Å²) in [6, 6.07) is 0. The Morgan fingerprint density at radius 3 is 2.68 bits per heavy atom. The Labute approximate surface area is 116 Å². The van der Waals surface area contributed by atoms with Gasteiger partial charge in [-0.1, -0.05) is 20.8 Å². The Hall–Kier alpha value is -1.00. The minimum atomic E-state index is 0.0303. The average Bonchev–Trinajstić information content (AvgIpc) is 2.43. The van der Waals surface area contributed by atoms with Crippen LogP contribution in [0, 0.1) is 0 Å². The van der Waals surface area contributed by atoms with Crippen molar-refractivity contribution in [1.29, 1.82) is 0 Å². The highest BCUT2D eigenvalue weighted by Crippen LogP contribution is 2.26. The van der Waals surface area contributed by atoms with Crippen molar-refractivity contribution in [3.8, 4) is 0 Å². The van der Waals surface area contributed by atoms with Gasteiger partial charge in [-0.2, -0.15) is 0 Å². The molecule has 2 rings (SSSR count). The summed E-state index contributed by atoms with van der Waals surface area (Å²) in [6.45, 7) is 11.2. The lowest BCUT2D eigenvalue weighted by Gasteiger charge is -2.23. The molecule has 2 heterocycles. The summed E-state index contributed by atoms with van der Waals surface area (Å²) in [4.78, 5) is 9.57. The van der Waals surface area contributed by atoms with Crippen molar-refractivity contribution < 1.29 is 4.74 Å². The largest absolute Gasteiger partial charge is 0.371 e. The molecule has 19 heavy (non-hydrogen) atoms. The van der Waals surface area contributed by atoms with E-state index in [1.54, 1.807) is 0 Å². The van der Waals surface area contributed by atoms with E-state index in [-0.39, 0.29) is 6.10 Å². The van der Waals surface area contributed by atoms with Crippen LogP contribution >= 0.6 is 0 Å². The molecule has 4 heteroatoms. The van der Waals surface area contributed by atoms with E-state index in [2.05, 4.69) is 26.1 Å². The maximum atomic E-state index is 5.76. The average molecular weight is 263 g/mol. The van der Waals surface area contributed by atoms with Gasteiger partial charge in [0.15, 0.2) is 5.82 Å². The van der Waals surface area contributed by atoms with Crippen LogP contribution in [-0.4, -0.2) is 23.1 Å². The fourth-order valence-electron chi connectivity index (χ4n) is 2.59. The van der Waals surface area contributed by atoms with Crippen LogP contribution in [0.25, 0.3) is 0 Å². The molecule has 0 aliphatic carbocycles. The molecular weight excluding hydrogens is 238 g/mol. The van der Waals surface area contributed by atoms with Crippen LogP contribution in [-0.2, 0) is 17.7 Å². The number of hydrogen-bond donors (Lipinski definition) is 1. The molecule has 4 nitrogen and oxygen atoms in total. The number of nitrogens with zero attached hydrogens (tertiary/aromatic N) is 2. The normalized spacial score (nSPS) is 16.5. The molecular formula is C15H25N3O. The van der Waals surface area contributed by atoms with Crippen molar-refractivity contribution in [3.63, 3.8) is 0 Å². The Bertz CT molecular complexity index is 432. The number of hydrogen-bond acceptors (Lipinski definition) is 4. The zero-order chi connectivity index (χ0) is 13.8. The predicted octanol–water partition coefficient (Wildman–Crippen LogP) is 2.73. The van der Waals surface area contributed by atoms with Crippen LogP contribution in [0.2, 0.25) is 0 Å². The van der Waals surface area contributed by atoms with Crippen LogP contribution in [0.5, 0.6) is 0 Å². The first-order chi connectivity index (χ1) is 9.17. The molecule has 106 valence electrons. The van der Waals surface area contributed by atoms with E-state index in [1.165, 1.54) is 17.0 Å². The van der Waals surface area contributed by atoms with Crippen molar-refractivity contribution in [3.05, 3.63) is 22.8 Å². The zero-order valence-corrected chi connectivity index (χ0v) is 12.5. The smallest absolute Gasteiger partial charge is 0.157 e. The predicted molar refractivity (Wildman–Crippen MR) is 76.2 cm³/mol. The van der Waals surface area contributed by atoms with E-state index in [1.807, 2.05) is 6.92 Å². The van der Waals surface area contributed by atoms with E-state index in [0.29, 0.717) is 12.5 Å².